The molecule has 0 aliphatic heterocycles. The van der Waals surface area contributed by atoms with E-state index in [2.05, 4.69) is 31.0 Å². The van der Waals surface area contributed by atoms with Crippen molar-refractivity contribution < 1.29 is 5.11 Å². The van der Waals surface area contributed by atoms with Crippen LogP contribution < -0.4 is 5.32 Å². The molecular formula is C14H21NO. The molecule has 0 aliphatic rings. The van der Waals surface area contributed by atoms with Gasteiger partial charge in [0, 0.05) is 5.69 Å². The van der Waals surface area contributed by atoms with Crippen LogP contribution in [-0.4, -0.2) is 11.7 Å². The highest BCUT2D eigenvalue weighted by molar-refractivity contribution is 5.51. The van der Waals surface area contributed by atoms with Gasteiger partial charge in [0.2, 0.25) is 0 Å². The quantitative estimate of drug-likeness (QED) is 0.538. The second-order valence-electron chi connectivity index (χ2n) is 4.03. The molecule has 2 N–H and O–H groups in total. The molecule has 0 saturated heterocycles. The third-order valence-electron chi connectivity index (χ3n) is 2.55. The van der Waals surface area contributed by atoms with Crippen molar-refractivity contribution in [3.63, 3.8) is 0 Å². The summed E-state index contributed by atoms with van der Waals surface area (Å²) in [5.74, 6) is 0.170. The minimum atomic E-state index is 0.170. The van der Waals surface area contributed by atoms with Crippen LogP contribution in [0.5, 0.6) is 0 Å². The molecule has 0 heterocycles. The highest BCUT2D eigenvalue weighted by Crippen LogP contribution is 2.17. The highest BCUT2D eigenvalue weighted by atomic mass is 16.3. The van der Waals surface area contributed by atoms with Gasteiger partial charge in [-0.3, -0.25) is 0 Å². The fourth-order valence-electron chi connectivity index (χ4n) is 1.67. The SMILES string of the molecule is C=C(O)CNc1ccccc1CCCCC. The molecule has 0 aromatic heterocycles. The van der Waals surface area contributed by atoms with E-state index in [1.807, 2.05) is 12.1 Å². The van der Waals surface area contributed by atoms with Gasteiger partial charge in [-0.15, -0.1) is 0 Å². The predicted octanol–water partition coefficient (Wildman–Crippen LogP) is 3.90. The zero-order valence-corrected chi connectivity index (χ0v) is 10.00. The van der Waals surface area contributed by atoms with Crippen LogP contribution in [0.3, 0.4) is 0 Å². The molecule has 2 heteroatoms. The number of nitrogens with one attached hydrogen (secondary N) is 1. The van der Waals surface area contributed by atoms with Gasteiger partial charge in [0.25, 0.3) is 0 Å². The van der Waals surface area contributed by atoms with Gasteiger partial charge >= 0.3 is 0 Å². The van der Waals surface area contributed by atoms with Crippen LogP contribution in [0.2, 0.25) is 0 Å². The van der Waals surface area contributed by atoms with Gasteiger partial charge in [-0.1, -0.05) is 44.5 Å². The first-order valence-electron chi connectivity index (χ1n) is 5.92. The molecule has 0 spiro atoms. The van der Waals surface area contributed by atoms with Crippen LogP contribution in [0.4, 0.5) is 5.69 Å². The number of aryl methyl sites for hydroxylation is 1. The van der Waals surface area contributed by atoms with Gasteiger partial charge in [-0.25, -0.2) is 0 Å². The summed E-state index contributed by atoms with van der Waals surface area (Å²) in [7, 11) is 0. The van der Waals surface area contributed by atoms with E-state index in [1.54, 1.807) is 0 Å². The Balaban J connectivity index is 2.56. The van der Waals surface area contributed by atoms with Crippen molar-refractivity contribution in [1.29, 1.82) is 0 Å². The van der Waals surface area contributed by atoms with Crippen LogP contribution in [0.15, 0.2) is 36.6 Å². The zero-order valence-electron chi connectivity index (χ0n) is 10.00. The van der Waals surface area contributed by atoms with Gasteiger partial charge in [0.05, 0.1) is 6.54 Å². The van der Waals surface area contributed by atoms with Crippen LogP contribution in [0.25, 0.3) is 0 Å². The van der Waals surface area contributed by atoms with E-state index in [1.165, 1.54) is 24.8 Å². The average molecular weight is 219 g/mol. The number of para-hydroxylation sites is 1. The van der Waals surface area contributed by atoms with Crippen LogP contribution in [0.1, 0.15) is 31.7 Å². The van der Waals surface area contributed by atoms with Gasteiger partial charge in [-0.2, -0.15) is 0 Å². The van der Waals surface area contributed by atoms with Crippen LogP contribution in [-0.2, 0) is 6.42 Å². The van der Waals surface area contributed by atoms with E-state index < -0.39 is 0 Å². The smallest absolute Gasteiger partial charge is 0.104 e. The van der Waals surface area contributed by atoms with E-state index in [0.717, 1.165) is 12.1 Å². The van der Waals surface area contributed by atoms with Crippen molar-refractivity contribution in [3.8, 4) is 0 Å². The molecule has 16 heavy (non-hydrogen) atoms. The Hall–Kier alpha value is -1.44. The predicted molar refractivity (Wildman–Crippen MR) is 69.9 cm³/mol. The molecule has 0 unspecified atom stereocenters. The van der Waals surface area contributed by atoms with Crippen molar-refractivity contribution in [2.24, 2.45) is 0 Å². The maximum Gasteiger partial charge on any atom is 0.104 e. The van der Waals surface area contributed by atoms with E-state index in [-0.39, 0.29) is 5.76 Å². The third-order valence-corrected chi connectivity index (χ3v) is 2.55. The van der Waals surface area contributed by atoms with Crippen molar-refractivity contribution in [1.82, 2.24) is 0 Å². The van der Waals surface area contributed by atoms with E-state index in [0.29, 0.717) is 6.54 Å². The van der Waals surface area contributed by atoms with Gasteiger partial charge < -0.3 is 10.4 Å². The second-order valence-corrected chi connectivity index (χ2v) is 4.03. The molecule has 0 fully saturated rings. The minimum absolute atomic E-state index is 0.170. The summed E-state index contributed by atoms with van der Waals surface area (Å²) in [4.78, 5) is 0. The lowest BCUT2D eigenvalue weighted by molar-refractivity contribution is 0.410. The highest BCUT2D eigenvalue weighted by Gasteiger charge is 2.01. The number of hydrogen-bond acceptors (Lipinski definition) is 2. The molecule has 0 bridgehead atoms. The molecular weight excluding hydrogens is 198 g/mol. The Morgan fingerprint density at radius 1 is 1.31 bits per heavy atom. The Kier molecular flexibility index (Phi) is 5.48. The molecule has 1 rings (SSSR count). The van der Waals surface area contributed by atoms with Crippen molar-refractivity contribution in [2.75, 3.05) is 11.9 Å². The van der Waals surface area contributed by atoms with Gasteiger partial charge in [0.15, 0.2) is 0 Å². The Morgan fingerprint density at radius 3 is 2.75 bits per heavy atom. The molecule has 1 aromatic rings. The number of anilines is 1. The Labute approximate surface area is 98.0 Å². The summed E-state index contributed by atoms with van der Waals surface area (Å²) in [5, 5.41) is 12.3. The summed E-state index contributed by atoms with van der Waals surface area (Å²) >= 11 is 0. The maximum absolute atomic E-state index is 9.06. The van der Waals surface area contributed by atoms with Crippen molar-refractivity contribution in [2.45, 2.75) is 32.6 Å². The maximum atomic E-state index is 9.06. The number of aliphatic hydroxyl groups is 1. The molecule has 88 valence electrons. The molecule has 0 atom stereocenters. The number of rotatable bonds is 7. The molecule has 0 saturated carbocycles. The monoisotopic (exact) mass is 219 g/mol. The summed E-state index contributed by atoms with van der Waals surface area (Å²) in [6.07, 6.45) is 4.81. The normalized spacial score (nSPS) is 10.1. The largest absolute Gasteiger partial charge is 0.511 e. The summed E-state index contributed by atoms with van der Waals surface area (Å²) in [5.41, 5.74) is 2.42. The number of unbranched alkanes of at least 4 members (excludes halogenated alkanes) is 2. The molecule has 0 radical (unpaired) electrons. The lowest BCUT2D eigenvalue weighted by Crippen LogP contribution is -2.05. The third kappa shape index (κ3) is 4.39. The van der Waals surface area contributed by atoms with Crippen molar-refractivity contribution in [3.05, 3.63) is 42.2 Å². The van der Waals surface area contributed by atoms with E-state index in [9.17, 15) is 0 Å². The van der Waals surface area contributed by atoms with Crippen LogP contribution >= 0.6 is 0 Å². The summed E-state index contributed by atoms with van der Waals surface area (Å²) in [6, 6.07) is 8.24. The molecule has 0 aliphatic carbocycles. The zero-order chi connectivity index (χ0) is 11.8. The number of benzene rings is 1. The standard InChI is InChI=1S/C14H21NO/c1-3-4-5-8-13-9-6-7-10-14(13)15-11-12(2)16/h6-7,9-10,15-16H,2-5,8,11H2,1H3. The average Bonchev–Trinajstić information content (AvgIpc) is 2.28. The first-order valence-corrected chi connectivity index (χ1v) is 5.92. The first-order chi connectivity index (χ1) is 7.74. The van der Waals surface area contributed by atoms with E-state index >= 15 is 0 Å². The van der Waals surface area contributed by atoms with Crippen LogP contribution in [0, 0.1) is 0 Å². The summed E-state index contributed by atoms with van der Waals surface area (Å²) < 4.78 is 0. The Morgan fingerprint density at radius 2 is 2.06 bits per heavy atom. The number of aliphatic hydroxyl groups excluding tert-OH is 1. The first kappa shape index (κ1) is 12.6. The Bertz CT molecular complexity index is 333. The molecule has 0 amide bonds. The number of hydrogen-bond donors (Lipinski definition) is 2. The van der Waals surface area contributed by atoms with E-state index in [4.69, 9.17) is 5.11 Å². The minimum Gasteiger partial charge on any atom is -0.511 e. The van der Waals surface area contributed by atoms with Gasteiger partial charge in [0.1, 0.15) is 5.76 Å². The topological polar surface area (TPSA) is 32.3 Å². The van der Waals surface area contributed by atoms with Gasteiger partial charge in [-0.05, 0) is 24.5 Å². The fourth-order valence-corrected chi connectivity index (χ4v) is 1.67. The molecule has 2 nitrogen and oxygen atoms in total. The fraction of sp³-hybridized carbons (Fsp3) is 0.429. The lowest BCUT2D eigenvalue weighted by Gasteiger charge is -2.11. The lowest BCUT2D eigenvalue weighted by atomic mass is 10.1. The summed E-state index contributed by atoms with van der Waals surface area (Å²) in [6.45, 7) is 6.10. The van der Waals surface area contributed by atoms with Crippen molar-refractivity contribution >= 4 is 5.69 Å². The molecule has 1 aromatic carbocycles. The second kappa shape index (κ2) is 6.94.